The molecule has 288 valence electrons. The summed E-state index contributed by atoms with van der Waals surface area (Å²) in [5.74, 6) is 0. The molecule has 0 amide bonds. The number of hydrogen-bond donors (Lipinski definition) is 0. The van der Waals surface area contributed by atoms with E-state index in [1.54, 1.807) is 0 Å². The minimum absolute atomic E-state index is 0.178. The third-order valence-corrected chi connectivity index (χ3v) is 14.0. The van der Waals surface area contributed by atoms with Crippen molar-refractivity contribution in [2.45, 2.75) is 91.5 Å². The third-order valence-electron chi connectivity index (χ3n) is 14.0. The van der Waals surface area contributed by atoms with E-state index in [9.17, 15) is 0 Å². The minimum Gasteiger partial charge on any atom is -0.333 e. The highest BCUT2D eigenvalue weighted by molar-refractivity contribution is 5.93. The monoisotopic (exact) mass is 754 g/mol. The molecule has 0 heterocycles. The van der Waals surface area contributed by atoms with E-state index in [4.69, 9.17) is 0 Å². The van der Waals surface area contributed by atoms with Crippen LogP contribution in [0.2, 0.25) is 0 Å². The lowest BCUT2D eigenvalue weighted by atomic mass is 9.79. The van der Waals surface area contributed by atoms with Gasteiger partial charge in [0.2, 0.25) is 0 Å². The number of nitrogens with zero attached hydrogens (tertiary/aromatic N) is 2. The summed E-state index contributed by atoms with van der Waals surface area (Å²) in [4.78, 5) is 5.13. The van der Waals surface area contributed by atoms with Crippen LogP contribution in [0.3, 0.4) is 0 Å². The molecule has 2 heteroatoms. The van der Waals surface area contributed by atoms with Crippen molar-refractivity contribution in [3.05, 3.63) is 182 Å². The third kappa shape index (κ3) is 5.37. The highest BCUT2D eigenvalue weighted by atomic mass is 15.2. The lowest BCUT2D eigenvalue weighted by Gasteiger charge is -2.37. The molecule has 1 unspecified atom stereocenters. The fourth-order valence-corrected chi connectivity index (χ4v) is 10.7. The second-order valence-electron chi connectivity index (χ2n) is 18.2. The van der Waals surface area contributed by atoms with Gasteiger partial charge in [-0.15, -0.1) is 0 Å². The van der Waals surface area contributed by atoms with E-state index in [2.05, 4.69) is 205 Å². The Morgan fingerprint density at radius 1 is 0.517 bits per heavy atom. The summed E-state index contributed by atoms with van der Waals surface area (Å²) in [5, 5.41) is 2.80. The second-order valence-corrected chi connectivity index (χ2v) is 18.2. The zero-order chi connectivity index (χ0) is 40.1. The number of aryl methyl sites for hydroxylation is 3. The van der Waals surface area contributed by atoms with Gasteiger partial charge in [0.1, 0.15) is 0 Å². The van der Waals surface area contributed by atoms with Gasteiger partial charge in [-0.05, 0) is 162 Å². The lowest BCUT2D eigenvalue weighted by molar-refractivity contribution is 0.651. The average Bonchev–Trinajstić information content (AvgIpc) is 3.58. The average molecular weight is 755 g/mol. The van der Waals surface area contributed by atoms with Gasteiger partial charge < -0.3 is 9.80 Å². The van der Waals surface area contributed by atoms with Gasteiger partial charge in [0.15, 0.2) is 0 Å². The normalized spacial score (nSPS) is 17.5. The van der Waals surface area contributed by atoms with Crippen molar-refractivity contribution in [1.82, 2.24) is 0 Å². The smallest absolute Gasteiger partial charge is 0.0586 e. The fourth-order valence-electron chi connectivity index (χ4n) is 10.7. The molecule has 0 aliphatic heterocycles. The molecule has 58 heavy (non-hydrogen) atoms. The minimum atomic E-state index is -0.179. The Bertz CT molecular complexity index is 2830. The Labute approximate surface area is 345 Å². The largest absolute Gasteiger partial charge is 0.333 e. The van der Waals surface area contributed by atoms with Crippen LogP contribution < -0.4 is 20.2 Å². The van der Waals surface area contributed by atoms with Crippen LogP contribution in [-0.4, -0.2) is 6.04 Å². The van der Waals surface area contributed by atoms with Crippen molar-refractivity contribution in [1.29, 1.82) is 0 Å². The molecule has 0 saturated heterocycles. The Morgan fingerprint density at radius 3 is 1.71 bits per heavy atom. The van der Waals surface area contributed by atoms with Gasteiger partial charge in [-0.25, -0.2) is 0 Å². The van der Waals surface area contributed by atoms with Crippen LogP contribution in [0.1, 0.15) is 92.8 Å². The predicted octanol–water partition coefficient (Wildman–Crippen LogP) is 13.5. The van der Waals surface area contributed by atoms with Crippen LogP contribution in [0.4, 0.5) is 28.4 Å². The molecule has 0 N–H and O–H groups in total. The lowest BCUT2D eigenvalue weighted by Crippen LogP contribution is -2.41. The molecule has 10 rings (SSSR count). The number of fused-ring (bicyclic) bond motifs is 8. The Kier molecular flexibility index (Phi) is 8.40. The molecule has 2 nitrogen and oxygen atoms in total. The molecule has 0 fully saturated rings. The first-order valence-corrected chi connectivity index (χ1v) is 21.3. The van der Waals surface area contributed by atoms with Crippen molar-refractivity contribution in [2.24, 2.45) is 0 Å². The van der Waals surface area contributed by atoms with Crippen LogP contribution in [0.5, 0.6) is 0 Å². The van der Waals surface area contributed by atoms with Gasteiger partial charge in [-0.1, -0.05) is 124 Å². The zero-order valence-corrected chi connectivity index (χ0v) is 35.4. The van der Waals surface area contributed by atoms with Gasteiger partial charge in [0.05, 0.1) is 6.04 Å². The highest BCUT2D eigenvalue weighted by Gasteiger charge is 2.43. The molecule has 0 radical (unpaired) electrons. The number of hydrogen-bond acceptors (Lipinski definition) is 2. The summed E-state index contributed by atoms with van der Waals surface area (Å²) in [7, 11) is 0. The van der Waals surface area contributed by atoms with Crippen LogP contribution in [0.15, 0.2) is 133 Å². The van der Waals surface area contributed by atoms with Crippen LogP contribution in [-0.2, 0) is 10.8 Å². The molecule has 0 saturated carbocycles. The van der Waals surface area contributed by atoms with Crippen molar-refractivity contribution < 1.29 is 0 Å². The summed E-state index contributed by atoms with van der Waals surface area (Å²) >= 11 is 0. The molecule has 0 bridgehead atoms. The number of para-hydroxylation sites is 3. The van der Waals surface area contributed by atoms with E-state index in [-0.39, 0.29) is 16.9 Å². The number of allylic oxidation sites excluding steroid dienone is 2. The standard InChI is InChI=1S/C56H54N2/c1-35-19-9-15-25-49(35)57(50-26-16-10-20-36(50)2)39-29-30-40-43-32-47-44(33-46(43)55(5,6)45(40)31-39)54-42-24-14-13-23-41(42)53(34-48(54)56(47,7)8)58(51-27-17-11-21-37(51)3)52-28-18-12-22-38(52)4/h9-12,15-27,29-34,52H,13-14,28H2,1-8H3. The molecule has 0 aromatic heterocycles. The van der Waals surface area contributed by atoms with Crippen molar-refractivity contribution in [2.75, 3.05) is 9.80 Å². The van der Waals surface area contributed by atoms with E-state index in [1.165, 1.54) is 106 Å². The van der Waals surface area contributed by atoms with E-state index >= 15 is 0 Å². The molecule has 1 atom stereocenters. The number of rotatable bonds is 6. The van der Waals surface area contributed by atoms with Crippen LogP contribution >= 0.6 is 0 Å². The van der Waals surface area contributed by atoms with Gasteiger partial charge in [0.25, 0.3) is 0 Å². The van der Waals surface area contributed by atoms with Gasteiger partial charge in [-0.2, -0.15) is 0 Å². The molecular formula is C56H54N2. The summed E-state index contributed by atoms with van der Waals surface area (Å²) in [6.45, 7) is 18.8. The molecule has 4 aliphatic carbocycles. The van der Waals surface area contributed by atoms with Crippen molar-refractivity contribution in [3.63, 3.8) is 0 Å². The Balaban J connectivity index is 1.15. The van der Waals surface area contributed by atoms with Crippen molar-refractivity contribution >= 4 is 40.6 Å². The highest BCUT2D eigenvalue weighted by Crippen LogP contribution is 2.57. The molecular weight excluding hydrogens is 701 g/mol. The van der Waals surface area contributed by atoms with E-state index in [1.807, 2.05) is 0 Å². The van der Waals surface area contributed by atoms with E-state index in [0.717, 1.165) is 19.3 Å². The molecule has 4 aliphatic rings. The Hall–Kier alpha value is -5.86. The van der Waals surface area contributed by atoms with E-state index in [0.29, 0.717) is 0 Å². The molecule has 0 spiro atoms. The summed E-state index contributed by atoms with van der Waals surface area (Å²) in [5.41, 5.74) is 22.4. The quantitative estimate of drug-likeness (QED) is 0.167. The Morgan fingerprint density at radius 2 is 1.07 bits per heavy atom. The maximum absolute atomic E-state index is 2.67. The SMILES string of the molecule is CC1=CC=CCC1N(c1ccccc1C)c1cc2c(c3c1=CCCC=3)-c1cc3c(cc1C2(C)C)-c1ccc(N(c2ccccc2C)c2ccccc2C)cc1C3(C)C. The second kappa shape index (κ2) is 13.3. The zero-order valence-electron chi connectivity index (χ0n) is 35.4. The maximum Gasteiger partial charge on any atom is 0.0586 e. The van der Waals surface area contributed by atoms with Gasteiger partial charge in [-0.3, -0.25) is 0 Å². The fraction of sp³-hybridized carbons (Fsp3) is 0.250. The summed E-state index contributed by atoms with van der Waals surface area (Å²) < 4.78 is 0. The van der Waals surface area contributed by atoms with Crippen molar-refractivity contribution in [3.8, 4) is 22.3 Å². The van der Waals surface area contributed by atoms with Crippen LogP contribution in [0, 0.1) is 20.8 Å². The molecule has 6 aromatic rings. The van der Waals surface area contributed by atoms with Gasteiger partial charge >= 0.3 is 0 Å². The first-order valence-electron chi connectivity index (χ1n) is 21.3. The first-order chi connectivity index (χ1) is 28.0. The first kappa shape index (κ1) is 36.5. The maximum atomic E-state index is 2.67. The summed E-state index contributed by atoms with van der Waals surface area (Å²) in [6, 6.07) is 41.7. The topological polar surface area (TPSA) is 6.48 Å². The number of benzene rings is 6. The van der Waals surface area contributed by atoms with E-state index < -0.39 is 0 Å². The predicted molar refractivity (Wildman–Crippen MR) is 248 cm³/mol. The van der Waals surface area contributed by atoms with Crippen LogP contribution in [0.25, 0.3) is 34.4 Å². The molecule has 6 aromatic carbocycles. The summed E-state index contributed by atoms with van der Waals surface area (Å²) in [6.07, 6.45) is 15.1. The number of anilines is 5. The van der Waals surface area contributed by atoms with Gasteiger partial charge in [0, 0.05) is 44.5 Å².